The lowest BCUT2D eigenvalue weighted by molar-refractivity contribution is -0.135. The number of benzene rings is 2. The number of ether oxygens (including phenoxy) is 1. The zero-order valence-electron chi connectivity index (χ0n) is 16.3. The first-order chi connectivity index (χ1) is 12.7. The van der Waals surface area contributed by atoms with Crippen molar-refractivity contribution in [2.45, 2.75) is 46.1 Å². The molecule has 27 heavy (non-hydrogen) atoms. The van der Waals surface area contributed by atoms with Crippen molar-refractivity contribution < 1.29 is 14.3 Å². The molecular weight excluding hydrogens is 338 g/mol. The van der Waals surface area contributed by atoms with E-state index < -0.39 is 5.97 Å². The summed E-state index contributed by atoms with van der Waals surface area (Å²) in [5, 5.41) is 2.06. The number of carbonyl (C=O) groups excluding carboxylic acids is 2. The molecule has 2 aliphatic rings. The third-order valence-electron chi connectivity index (χ3n) is 6.05. The SMILES string of the molecule is CC1(C)C[C@@H]2C[C@](C)(CN2C(=O)COC(=O)c2ccc3ccccc3c2)C1. The molecule has 2 fully saturated rings. The Bertz CT molecular complexity index is 903. The fraction of sp³-hybridized carbons (Fsp3) is 0.478. The largest absolute Gasteiger partial charge is 0.452 e. The minimum atomic E-state index is -0.442. The second-order valence-corrected chi connectivity index (χ2v) is 9.37. The lowest BCUT2D eigenvalue weighted by atomic mass is 9.65. The lowest BCUT2D eigenvalue weighted by Crippen LogP contribution is -2.39. The van der Waals surface area contributed by atoms with Crippen LogP contribution in [0.1, 0.15) is 50.4 Å². The Hall–Kier alpha value is -2.36. The molecule has 4 heteroatoms. The van der Waals surface area contributed by atoms with Gasteiger partial charge in [0.05, 0.1) is 5.56 Å². The van der Waals surface area contributed by atoms with Crippen LogP contribution in [0.5, 0.6) is 0 Å². The summed E-state index contributed by atoms with van der Waals surface area (Å²) in [7, 11) is 0. The number of likely N-dealkylation sites (tertiary alicyclic amines) is 1. The van der Waals surface area contributed by atoms with Gasteiger partial charge in [0.2, 0.25) is 0 Å². The number of hydrogen-bond acceptors (Lipinski definition) is 3. The van der Waals surface area contributed by atoms with Crippen molar-refractivity contribution in [1.82, 2.24) is 4.90 Å². The molecule has 2 aromatic carbocycles. The topological polar surface area (TPSA) is 46.6 Å². The molecule has 1 aliphatic carbocycles. The van der Waals surface area contributed by atoms with Gasteiger partial charge < -0.3 is 9.64 Å². The van der Waals surface area contributed by atoms with Crippen molar-refractivity contribution in [3.8, 4) is 0 Å². The highest BCUT2D eigenvalue weighted by atomic mass is 16.5. The van der Waals surface area contributed by atoms with Gasteiger partial charge in [0, 0.05) is 12.6 Å². The van der Waals surface area contributed by atoms with Gasteiger partial charge in [0.1, 0.15) is 0 Å². The Morgan fingerprint density at radius 2 is 1.81 bits per heavy atom. The van der Waals surface area contributed by atoms with Crippen molar-refractivity contribution in [3.63, 3.8) is 0 Å². The molecular formula is C23H27NO3. The van der Waals surface area contributed by atoms with Gasteiger partial charge in [-0.05, 0) is 53.0 Å². The van der Waals surface area contributed by atoms with Gasteiger partial charge in [-0.1, -0.05) is 51.1 Å². The van der Waals surface area contributed by atoms with E-state index in [1.165, 1.54) is 0 Å². The summed E-state index contributed by atoms with van der Waals surface area (Å²) in [4.78, 5) is 27.1. The van der Waals surface area contributed by atoms with Crippen LogP contribution in [-0.4, -0.2) is 36.0 Å². The van der Waals surface area contributed by atoms with E-state index in [2.05, 4.69) is 20.8 Å². The summed E-state index contributed by atoms with van der Waals surface area (Å²) in [5.74, 6) is -0.515. The van der Waals surface area contributed by atoms with E-state index in [0.717, 1.165) is 36.6 Å². The summed E-state index contributed by atoms with van der Waals surface area (Å²) in [6.45, 7) is 7.43. The highest BCUT2D eigenvalue weighted by Crippen LogP contribution is 2.52. The average Bonchev–Trinajstić information content (AvgIpc) is 2.87. The van der Waals surface area contributed by atoms with E-state index in [4.69, 9.17) is 4.74 Å². The molecule has 2 aromatic rings. The first-order valence-electron chi connectivity index (χ1n) is 9.70. The van der Waals surface area contributed by atoms with Gasteiger partial charge in [0.15, 0.2) is 6.61 Å². The fourth-order valence-electron chi connectivity index (χ4n) is 5.36. The maximum atomic E-state index is 12.7. The Labute approximate surface area is 160 Å². The van der Waals surface area contributed by atoms with Crippen LogP contribution in [0, 0.1) is 10.8 Å². The standard InChI is InChI=1S/C23H27NO3/c1-22(2)11-19-12-23(3,14-22)15-24(19)20(25)13-27-21(26)18-9-8-16-6-4-5-7-17(16)10-18/h4-10,19H,11-15H2,1-3H3/t19-,23+/m1/s1. The summed E-state index contributed by atoms with van der Waals surface area (Å²) in [6, 6.07) is 13.6. The van der Waals surface area contributed by atoms with Crippen molar-refractivity contribution >= 4 is 22.6 Å². The van der Waals surface area contributed by atoms with Crippen LogP contribution in [0.3, 0.4) is 0 Å². The molecule has 4 nitrogen and oxygen atoms in total. The molecule has 142 valence electrons. The highest BCUT2D eigenvalue weighted by Gasteiger charge is 2.50. The molecule has 1 amide bonds. The molecule has 0 radical (unpaired) electrons. The lowest BCUT2D eigenvalue weighted by Gasteiger charge is -2.39. The van der Waals surface area contributed by atoms with Crippen LogP contribution in [0.15, 0.2) is 42.5 Å². The minimum Gasteiger partial charge on any atom is -0.452 e. The Kier molecular flexibility index (Phi) is 4.25. The van der Waals surface area contributed by atoms with E-state index >= 15 is 0 Å². The van der Waals surface area contributed by atoms with Crippen LogP contribution in [0.2, 0.25) is 0 Å². The van der Waals surface area contributed by atoms with E-state index in [9.17, 15) is 9.59 Å². The third kappa shape index (κ3) is 3.58. The smallest absolute Gasteiger partial charge is 0.338 e. The van der Waals surface area contributed by atoms with Crippen LogP contribution < -0.4 is 0 Å². The predicted octanol–water partition coefficient (Wildman–Crippen LogP) is 4.42. The van der Waals surface area contributed by atoms with Gasteiger partial charge >= 0.3 is 5.97 Å². The number of rotatable bonds is 3. The zero-order chi connectivity index (χ0) is 19.2. The van der Waals surface area contributed by atoms with Gasteiger partial charge in [-0.2, -0.15) is 0 Å². The second-order valence-electron chi connectivity index (χ2n) is 9.37. The molecule has 4 rings (SSSR count). The zero-order valence-corrected chi connectivity index (χ0v) is 16.3. The second kappa shape index (κ2) is 6.36. The van der Waals surface area contributed by atoms with Crippen molar-refractivity contribution in [2.75, 3.05) is 13.2 Å². The summed E-state index contributed by atoms with van der Waals surface area (Å²) in [5.41, 5.74) is 0.925. The summed E-state index contributed by atoms with van der Waals surface area (Å²) >= 11 is 0. The summed E-state index contributed by atoms with van der Waals surface area (Å²) < 4.78 is 5.35. The molecule has 0 unspecified atom stereocenters. The molecule has 1 saturated heterocycles. The quantitative estimate of drug-likeness (QED) is 0.756. The van der Waals surface area contributed by atoms with Crippen LogP contribution in [0.4, 0.5) is 0 Å². The van der Waals surface area contributed by atoms with Crippen LogP contribution >= 0.6 is 0 Å². The number of esters is 1. The first-order valence-corrected chi connectivity index (χ1v) is 9.70. The number of hydrogen-bond donors (Lipinski definition) is 0. The molecule has 2 atom stereocenters. The minimum absolute atomic E-state index is 0.0736. The molecule has 0 spiro atoms. The maximum absolute atomic E-state index is 12.7. The van der Waals surface area contributed by atoms with Crippen LogP contribution in [-0.2, 0) is 9.53 Å². The number of fused-ring (bicyclic) bond motifs is 3. The Morgan fingerprint density at radius 3 is 2.59 bits per heavy atom. The Balaban J connectivity index is 1.41. The molecule has 0 aromatic heterocycles. The van der Waals surface area contributed by atoms with Crippen LogP contribution in [0.25, 0.3) is 10.8 Å². The average molecular weight is 365 g/mol. The molecule has 1 heterocycles. The van der Waals surface area contributed by atoms with E-state index in [-0.39, 0.29) is 29.4 Å². The van der Waals surface area contributed by atoms with E-state index in [0.29, 0.717) is 5.56 Å². The van der Waals surface area contributed by atoms with Gasteiger partial charge in [-0.3, -0.25) is 4.79 Å². The number of carbonyl (C=O) groups is 2. The van der Waals surface area contributed by atoms with E-state index in [1.807, 2.05) is 41.3 Å². The van der Waals surface area contributed by atoms with Crippen molar-refractivity contribution in [1.29, 1.82) is 0 Å². The fourth-order valence-corrected chi connectivity index (χ4v) is 5.36. The monoisotopic (exact) mass is 365 g/mol. The molecule has 0 N–H and O–H groups in total. The predicted molar refractivity (Wildman–Crippen MR) is 105 cm³/mol. The first kappa shape index (κ1) is 18.0. The normalized spacial score (nSPS) is 26.2. The number of nitrogens with zero attached hydrogens (tertiary/aromatic N) is 1. The molecule has 2 bridgehead atoms. The number of amides is 1. The molecule has 1 aliphatic heterocycles. The van der Waals surface area contributed by atoms with E-state index in [1.54, 1.807) is 6.07 Å². The maximum Gasteiger partial charge on any atom is 0.338 e. The van der Waals surface area contributed by atoms with Gasteiger partial charge in [-0.15, -0.1) is 0 Å². The summed E-state index contributed by atoms with van der Waals surface area (Å²) in [6.07, 6.45) is 3.21. The molecule has 1 saturated carbocycles. The Morgan fingerprint density at radius 1 is 1.07 bits per heavy atom. The van der Waals surface area contributed by atoms with Crippen molar-refractivity contribution in [3.05, 3.63) is 48.0 Å². The third-order valence-corrected chi connectivity index (χ3v) is 6.05. The van der Waals surface area contributed by atoms with Crippen molar-refractivity contribution in [2.24, 2.45) is 10.8 Å². The van der Waals surface area contributed by atoms with Gasteiger partial charge in [-0.25, -0.2) is 4.79 Å². The highest BCUT2D eigenvalue weighted by molar-refractivity contribution is 5.96. The van der Waals surface area contributed by atoms with Gasteiger partial charge in [0.25, 0.3) is 5.91 Å².